The summed E-state index contributed by atoms with van der Waals surface area (Å²) in [5.74, 6) is 0.829. The number of nitrogens with zero attached hydrogens (tertiary/aromatic N) is 2. The van der Waals surface area contributed by atoms with E-state index in [-0.39, 0.29) is 0 Å². The summed E-state index contributed by atoms with van der Waals surface area (Å²) >= 11 is 0. The van der Waals surface area contributed by atoms with Crippen LogP contribution in [0.3, 0.4) is 0 Å². The number of hydrogen-bond acceptors (Lipinski definition) is 3. The van der Waals surface area contributed by atoms with Gasteiger partial charge >= 0.3 is 0 Å². The number of nitrogens with one attached hydrogen (secondary N) is 1. The molecule has 0 aliphatic carbocycles. The predicted octanol–water partition coefficient (Wildman–Crippen LogP) is 2.53. The van der Waals surface area contributed by atoms with E-state index in [1.807, 2.05) is 27.7 Å². The summed E-state index contributed by atoms with van der Waals surface area (Å²) in [7, 11) is 4.30. The maximum Gasteiger partial charge on any atom is 0.0107 e. The molecule has 0 saturated carbocycles. The minimum absolute atomic E-state index is 0.829. The molecule has 0 amide bonds. The van der Waals surface area contributed by atoms with Gasteiger partial charge in [0.25, 0.3) is 0 Å². The van der Waals surface area contributed by atoms with Gasteiger partial charge in [0.05, 0.1) is 0 Å². The lowest BCUT2D eigenvalue weighted by Gasteiger charge is -2.30. The van der Waals surface area contributed by atoms with Gasteiger partial charge in [-0.05, 0) is 33.0 Å². The van der Waals surface area contributed by atoms with Gasteiger partial charge in [0, 0.05) is 32.7 Å². The summed E-state index contributed by atoms with van der Waals surface area (Å²) in [6, 6.07) is 0. The van der Waals surface area contributed by atoms with Gasteiger partial charge in [-0.25, -0.2) is 0 Å². The van der Waals surface area contributed by atoms with Gasteiger partial charge in [0.1, 0.15) is 0 Å². The van der Waals surface area contributed by atoms with Crippen molar-refractivity contribution in [2.45, 2.75) is 41.0 Å². The van der Waals surface area contributed by atoms with E-state index in [0.29, 0.717) is 0 Å². The Morgan fingerprint density at radius 1 is 1.06 bits per heavy atom. The van der Waals surface area contributed by atoms with Crippen molar-refractivity contribution < 1.29 is 0 Å². The normalized spacial score (nSPS) is 17.3. The first kappa shape index (κ1) is 20.2. The van der Waals surface area contributed by atoms with Crippen LogP contribution in [0.2, 0.25) is 0 Å². The molecular formula is C15H37N3. The van der Waals surface area contributed by atoms with E-state index < -0.39 is 0 Å². The Labute approximate surface area is 116 Å². The quantitative estimate of drug-likeness (QED) is 0.818. The Hall–Kier alpha value is -0.120. The summed E-state index contributed by atoms with van der Waals surface area (Å²) in [6.45, 7) is 17.6. The van der Waals surface area contributed by atoms with E-state index in [9.17, 15) is 0 Å². The van der Waals surface area contributed by atoms with Gasteiger partial charge in [0.2, 0.25) is 0 Å². The van der Waals surface area contributed by atoms with Gasteiger partial charge in [-0.3, -0.25) is 0 Å². The zero-order chi connectivity index (χ0) is 14.4. The highest BCUT2D eigenvalue weighted by atomic mass is 15.2. The summed E-state index contributed by atoms with van der Waals surface area (Å²) in [4.78, 5) is 4.85. The molecule has 3 nitrogen and oxygen atoms in total. The van der Waals surface area contributed by atoms with Crippen molar-refractivity contribution in [3.8, 4) is 0 Å². The van der Waals surface area contributed by atoms with E-state index in [4.69, 9.17) is 0 Å². The van der Waals surface area contributed by atoms with E-state index in [2.05, 4.69) is 36.1 Å². The van der Waals surface area contributed by atoms with Crippen molar-refractivity contribution in [2.75, 3.05) is 53.4 Å². The SMILES string of the molecule is CC.CC.CC(CCN(C)C)CN1CCNCC1. The van der Waals surface area contributed by atoms with Crippen LogP contribution in [0.4, 0.5) is 0 Å². The van der Waals surface area contributed by atoms with Gasteiger partial charge in [0.15, 0.2) is 0 Å². The van der Waals surface area contributed by atoms with E-state index >= 15 is 0 Å². The molecule has 0 spiro atoms. The first-order valence-corrected chi connectivity index (χ1v) is 7.76. The zero-order valence-electron chi connectivity index (χ0n) is 13.9. The minimum Gasteiger partial charge on any atom is -0.314 e. The Bertz CT molecular complexity index is 143. The standard InChI is InChI=1S/C11H25N3.2C2H6/c1-11(4-7-13(2)3)10-14-8-5-12-6-9-14;2*1-2/h11-12H,4-10H2,1-3H3;2*1-2H3. The third kappa shape index (κ3) is 12.3. The first-order valence-electron chi connectivity index (χ1n) is 7.76. The fourth-order valence-corrected chi connectivity index (χ4v) is 1.90. The van der Waals surface area contributed by atoms with Crippen LogP contribution in [0, 0.1) is 5.92 Å². The molecule has 1 fully saturated rings. The van der Waals surface area contributed by atoms with Crippen LogP contribution in [0.15, 0.2) is 0 Å². The van der Waals surface area contributed by atoms with E-state index in [0.717, 1.165) is 5.92 Å². The Morgan fingerprint density at radius 2 is 1.56 bits per heavy atom. The molecule has 1 N–H and O–H groups in total. The highest BCUT2D eigenvalue weighted by Crippen LogP contribution is 2.06. The topological polar surface area (TPSA) is 18.5 Å². The third-order valence-corrected chi connectivity index (χ3v) is 2.85. The lowest BCUT2D eigenvalue weighted by molar-refractivity contribution is 0.201. The number of piperazine rings is 1. The average Bonchev–Trinajstić information content (AvgIpc) is 2.42. The van der Waals surface area contributed by atoms with Crippen molar-refractivity contribution in [3.05, 3.63) is 0 Å². The maximum atomic E-state index is 3.39. The summed E-state index contributed by atoms with van der Waals surface area (Å²) < 4.78 is 0. The summed E-state index contributed by atoms with van der Waals surface area (Å²) in [5.41, 5.74) is 0. The van der Waals surface area contributed by atoms with Crippen molar-refractivity contribution in [3.63, 3.8) is 0 Å². The molecule has 0 aromatic carbocycles. The van der Waals surface area contributed by atoms with Crippen LogP contribution < -0.4 is 5.32 Å². The largest absolute Gasteiger partial charge is 0.314 e. The molecule has 1 rings (SSSR count). The fraction of sp³-hybridized carbons (Fsp3) is 1.00. The Morgan fingerprint density at radius 3 is 2.00 bits per heavy atom. The van der Waals surface area contributed by atoms with Crippen LogP contribution in [0.5, 0.6) is 0 Å². The summed E-state index contributed by atoms with van der Waals surface area (Å²) in [6.07, 6.45) is 1.32. The fourth-order valence-electron chi connectivity index (χ4n) is 1.90. The van der Waals surface area contributed by atoms with Crippen molar-refractivity contribution in [1.82, 2.24) is 15.1 Å². The molecule has 1 unspecified atom stereocenters. The van der Waals surface area contributed by atoms with Crippen molar-refractivity contribution in [1.29, 1.82) is 0 Å². The first-order chi connectivity index (χ1) is 8.68. The van der Waals surface area contributed by atoms with Crippen LogP contribution >= 0.6 is 0 Å². The number of rotatable bonds is 5. The van der Waals surface area contributed by atoms with Gasteiger partial charge < -0.3 is 15.1 Å². The molecule has 1 saturated heterocycles. The molecule has 18 heavy (non-hydrogen) atoms. The van der Waals surface area contributed by atoms with Crippen LogP contribution in [-0.4, -0.2) is 63.2 Å². The highest BCUT2D eigenvalue weighted by molar-refractivity contribution is 4.70. The third-order valence-electron chi connectivity index (χ3n) is 2.85. The average molecular weight is 259 g/mol. The summed E-state index contributed by atoms with van der Waals surface area (Å²) in [5, 5.41) is 3.39. The van der Waals surface area contributed by atoms with E-state index in [1.54, 1.807) is 0 Å². The van der Waals surface area contributed by atoms with Gasteiger partial charge in [-0.2, -0.15) is 0 Å². The molecule has 3 heteroatoms. The Kier molecular flexibility index (Phi) is 16.8. The van der Waals surface area contributed by atoms with Crippen LogP contribution in [0.1, 0.15) is 41.0 Å². The Balaban J connectivity index is 0. The molecule has 0 bridgehead atoms. The molecule has 0 aromatic heterocycles. The lowest BCUT2D eigenvalue weighted by atomic mass is 10.1. The minimum atomic E-state index is 0.829. The van der Waals surface area contributed by atoms with Gasteiger partial charge in [-0.15, -0.1) is 0 Å². The van der Waals surface area contributed by atoms with Gasteiger partial charge in [-0.1, -0.05) is 34.6 Å². The molecule has 1 atom stereocenters. The van der Waals surface area contributed by atoms with Crippen molar-refractivity contribution in [2.24, 2.45) is 5.92 Å². The molecule has 112 valence electrons. The monoisotopic (exact) mass is 259 g/mol. The second-order valence-electron chi connectivity index (χ2n) is 4.75. The molecule has 1 aliphatic rings. The maximum absolute atomic E-state index is 3.39. The van der Waals surface area contributed by atoms with Crippen LogP contribution in [-0.2, 0) is 0 Å². The second-order valence-corrected chi connectivity index (χ2v) is 4.75. The molecule has 1 aliphatic heterocycles. The lowest BCUT2D eigenvalue weighted by Crippen LogP contribution is -2.45. The molecule has 1 heterocycles. The highest BCUT2D eigenvalue weighted by Gasteiger charge is 2.12. The number of hydrogen-bond donors (Lipinski definition) is 1. The smallest absolute Gasteiger partial charge is 0.0107 e. The van der Waals surface area contributed by atoms with E-state index in [1.165, 1.54) is 45.7 Å². The molecule has 0 radical (unpaired) electrons. The molecule has 0 aromatic rings. The zero-order valence-corrected chi connectivity index (χ0v) is 13.9. The molecular weight excluding hydrogens is 222 g/mol. The predicted molar refractivity (Wildman–Crippen MR) is 84.3 cm³/mol. The van der Waals surface area contributed by atoms with Crippen LogP contribution in [0.25, 0.3) is 0 Å². The van der Waals surface area contributed by atoms with Crippen molar-refractivity contribution >= 4 is 0 Å². The second kappa shape index (κ2) is 14.9.